The highest BCUT2D eigenvalue weighted by molar-refractivity contribution is 6.34. The predicted octanol–water partition coefficient (Wildman–Crippen LogP) is 6.90. The van der Waals surface area contributed by atoms with Gasteiger partial charge in [-0.15, -0.1) is 0 Å². The number of fused-ring (bicyclic) bond motifs is 1. The lowest BCUT2D eigenvalue weighted by atomic mass is 9.77. The van der Waals surface area contributed by atoms with Gasteiger partial charge in [0.2, 0.25) is 0 Å². The number of carbonyl (C=O) groups excluding carboxylic acids is 1. The van der Waals surface area contributed by atoms with Gasteiger partial charge in [0.25, 0.3) is 0 Å². The first kappa shape index (κ1) is 21.2. The molecule has 0 fully saturated rings. The van der Waals surface area contributed by atoms with Crippen molar-refractivity contribution < 1.29 is 4.79 Å². The van der Waals surface area contributed by atoms with Gasteiger partial charge in [-0.1, -0.05) is 110 Å². The second kappa shape index (κ2) is 8.68. The van der Waals surface area contributed by atoms with Crippen LogP contribution in [0.1, 0.15) is 39.5 Å². The minimum Gasteiger partial charge on any atom is -0.298 e. The molecule has 5 rings (SSSR count). The molecule has 0 spiro atoms. The molecule has 0 atom stereocenters. The van der Waals surface area contributed by atoms with Crippen LogP contribution >= 0.6 is 11.6 Å². The van der Waals surface area contributed by atoms with E-state index in [2.05, 4.69) is 77.5 Å². The minimum atomic E-state index is -0.734. The van der Waals surface area contributed by atoms with Gasteiger partial charge >= 0.3 is 0 Å². The lowest BCUT2D eigenvalue weighted by molar-refractivity contribution is 0.112. The van der Waals surface area contributed by atoms with E-state index in [0.29, 0.717) is 17.0 Å². The van der Waals surface area contributed by atoms with Crippen molar-refractivity contribution in [2.75, 3.05) is 0 Å². The monoisotopic (exact) mass is 450 g/mol. The Labute approximate surface area is 198 Å². The molecule has 0 saturated heterocycles. The Morgan fingerprint density at radius 3 is 1.76 bits per heavy atom. The van der Waals surface area contributed by atoms with E-state index < -0.39 is 5.54 Å². The first-order valence-electron chi connectivity index (χ1n) is 11.0. The van der Waals surface area contributed by atoms with Crippen molar-refractivity contribution >= 4 is 28.8 Å². The molecule has 0 unspecified atom stereocenters. The molecule has 3 nitrogen and oxygen atoms in total. The molecule has 4 heteroatoms. The number of rotatable bonds is 6. The van der Waals surface area contributed by atoms with E-state index in [4.69, 9.17) is 16.7 Å². The molecule has 4 aromatic carbocycles. The Hall–Kier alpha value is -3.69. The lowest BCUT2D eigenvalue weighted by Gasteiger charge is -2.37. The molecular formula is C29H23ClN2O. The summed E-state index contributed by atoms with van der Waals surface area (Å²) in [7, 11) is 0. The number of aryl methyl sites for hydroxylation is 1. The normalized spacial score (nSPS) is 11.6. The molecule has 33 heavy (non-hydrogen) atoms. The summed E-state index contributed by atoms with van der Waals surface area (Å²) in [4.78, 5) is 11.8. The number of hydrogen-bond acceptors (Lipinski definition) is 2. The molecule has 1 aromatic heterocycles. The van der Waals surface area contributed by atoms with Gasteiger partial charge in [-0.05, 0) is 34.7 Å². The van der Waals surface area contributed by atoms with Crippen molar-refractivity contribution in [3.05, 3.63) is 136 Å². The Balaban J connectivity index is 1.98. The molecule has 0 aliphatic carbocycles. The minimum absolute atomic E-state index is 0.444. The summed E-state index contributed by atoms with van der Waals surface area (Å²) in [6.45, 7) is 2.04. The maximum absolute atomic E-state index is 11.8. The highest BCUT2D eigenvalue weighted by Crippen LogP contribution is 2.43. The molecule has 0 amide bonds. The highest BCUT2D eigenvalue weighted by Gasteiger charge is 2.40. The average Bonchev–Trinajstić information content (AvgIpc) is 3.29. The van der Waals surface area contributed by atoms with E-state index in [1.165, 1.54) is 0 Å². The van der Waals surface area contributed by atoms with Crippen LogP contribution in [0.25, 0.3) is 10.9 Å². The molecular weight excluding hydrogens is 428 g/mol. The van der Waals surface area contributed by atoms with Crippen molar-refractivity contribution in [3.8, 4) is 0 Å². The van der Waals surface area contributed by atoms with E-state index in [9.17, 15) is 4.79 Å². The molecule has 5 aromatic rings. The summed E-state index contributed by atoms with van der Waals surface area (Å²) in [5, 5.41) is 6.35. The van der Waals surface area contributed by atoms with Crippen molar-refractivity contribution in [3.63, 3.8) is 0 Å². The van der Waals surface area contributed by atoms with Gasteiger partial charge in [0, 0.05) is 10.9 Å². The summed E-state index contributed by atoms with van der Waals surface area (Å²) in [6.07, 6.45) is 3.39. The molecule has 0 bridgehead atoms. The number of halogens is 1. The van der Waals surface area contributed by atoms with Crippen molar-refractivity contribution in [2.24, 2.45) is 0 Å². The molecule has 0 aliphatic heterocycles. The zero-order valence-electron chi connectivity index (χ0n) is 18.3. The third-order valence-corrected chi connectivity index (χ3v) is 6.65. The smallest absolute Gasteiger partial charge is 0.151 e. The van der Waals surface area contributed by atoms with E-state index in [0.717, 1.165) is 39.4 Å². The van der Waals surface area contributed by atoms with Crippen LogP contribution in [0.4, 0.5) is 0 Å². The fourth-order valence-corrected chi connectivity index (χ4v) is 5.16. The van der Waals surface area contributed by atoms with Gasteiger partial charge in [-0.3, -0.25) is 4.79 Å². The van der Waals surface area contributed by atoms with Crippen LogP contribution in [-0.4, -0.2) is 16.1 Å². The zero-order chi connectivity index (χ0) is 22.8. The SMILES string of the molecule is CCc1c(C=O)c(Cl)cc2c1cnn2C(c1ccccc1)(c1ccccc1)c1ccccc1. The first-order chi connectivity index (χ1) is 16.2. The molecule has 162 valence electrons. The van der Waals surface area contributed by atoms with Crippen LogP contribution in [0.5, 0.6) is 0 Å². The standard InChI is InChI=1S/C29H23ClN2O/c1-2-24-25-19-31-32(28(25)18-27(30)26(24)20-33)29(21-12-6-3-7-13-21,22-14-8-4-9-15-22)23-16-10-5-11-17-23/h3-20H,2H2,1H3. The summed E-state index contributed by atoms with van der Waals surface area (Å²) in [5.41, 5.74) is 4.86. The third kappa shape index (κ3) is 3.28. The van der Waals surface area contributed by atoms with Gasteiger partial charge in [-0.2, -0.15) is 5.10 Å². The van der Waals surface area contributed by atoms with Crippen LogP contribution in [0.2, 0.25) is 5.02 Å². The van der Waals surface area contributed by atoms with Crippen LogP contribution in [-0.2, 0) is 12.0 Å². The van der Waals surface area contributed by atoms with Crippen LogP contribution < -0.4 is 0 Å². The summed E-state index contributed by atoms with van der Waals surface area (Å²) in [6, 6.07) is 33.1. The van der Waals surface area contributed by atoms with E-state index in [-0.39, 0.29) is 0 Å². The largest absolute Gasteiger partial charge is 0.298 e. The second-order valence-electron chi connectivity index (χ2n) is 8.02. The maximum atomic E-state index is 11.8. The number of carbonyl (C=O) groups is 1. The Morgan fingerprint density at radius 2 is 1.33 bits per heavy atom. The second-order valence-corrected chi connectivity index (χ2v) is 8.43. The highest BCUT2D eigenvalue weighted by atomic mass is 35.5. The quantitative estimate of drug-likeness (QED) is 0.208. The van der Waals surface area contributed by atoms with E-state index in [1.54, 1.807) is 0 Å². The van der Waals surface area contributed by atoms with Gasteiger partial charge in [0.05, 0.1) is 16.7 Å². The number of aldehydes is 1. The molecule has 0 radical (unpaired) electrons. The van der Waals surface area contributed by atoms with Crippen LogP contribution in [0.15, 0.2) is 103 Å². The predicted molar refractivity (Wildman–Crippen MR) is 134 cm³/mol. The van der Waals surface area contributed by atoms with Crippen molar-refractivity contribution in [2.45, 2.75) is 18.9 Å². The summed E-state index contributed by atoms with van der Waals surface area (Å²) >= 11 is 6.63. The molecule has 0 aliphatic rings. The van der Waals surface area contributed by atoms with E-state index >= 15 is 0 Å². The van der Waals surface area contributed by atoms with Crippen molar-refractivity contribution in [1.82, 2.24) is 9.78 Å². The fourth-order valence-electron chi connectivity index (χ4n) is 4.90. The summed E-state index contributed by atoms with van der Waals surface area (Å²) < 4.78 is 2.06. The van der Waals surface area contributed by atoms with E-state index in [1.807, 2.05) is 37.4 Å². The maximum Gasteiger partial charge on any atom is 0.151 e. The third-order valence-electron chi connectivity index (χ3n) is 6.34. The lowest BCUT2D eigenvalue weighted by Crippen LogP contribution is -2.38. The number of benzene rings is 4. The van der Waals surface area contributed by atoms with Crippen molar-refractivity contribution in [1.29, 1.82) is 0 Å². The van der Waals surface area contributed by atoms with Gasteiger partial charge in [0.15, 0.2) is 6.29 Å². The zero-order valence-corrected chi connectivity index (χ0v) is 19.0. The fraction of sp³-hybridized carbons (Fsp3) is 0.103. The average molecular weight is 451 g/mol. The molecule has 0 N–H and O–H groups in total. The molecule has 1 heterocycles. The number of nitrogens with zero attached hydrogens (tertiary/aromatic N) is 2. The van der Waals surface area contributed by atoms with Crippen LogP contribution in [0, 0.1) is 0 Å². The Morgan fingerprint density at radius 1 is 0.848 bits per heavy atom. The topological polar surface area (TPSA) is 34.9 Å². The van der Waals surface area contributed by atoms with Crippen LogP contribution in [0.3, 0.4) is 0 Å². The summed E-state index contributed by atoms with van der Waals surface area (Å²) in [5.74, 6) is 0. The van der Waals surface area contributed by atoms with Gasteiger partial charge in [-0.25, -0.2) is 4.68 Å². The number of hydrogen-bond donors (Lipinski definition) is 0. The Kier molecular flexibility index (Phi) is 5.57. The number of aromatic nitrogens is 2. The molecule has 0 saturated carbocycles. The van der Waals surface area contributed by atoms with Gasteiger partial charge < -0.3 is 0 Å². The van der Waals surface area contributed by atoms with Gasteiger partial charge in [0.1, 0.15) is 5.54 Å². The first-order valence-corrected chi connectivity index (χ1v) is 11.4. The Bertz CT molecular complexity index is 1310.